The molecule has 0 aliphatic heterocycles. The number of aromatic nitrogens is 1. The fourth-order valence-electron chi connectivity index (χ4n) is 3.20. The quantitative estimate of drug-likeness (QED) is 0.451. The number of thiazole rings is 1. The van der Waals surface area contributed by atoms with Crippen molar-refractivity contribution >= 4 is 39.3 Å². The molecule has 0 saturated carbocycles. The largest absolute Gasteiger partial charge is 0.550 e. The Morgan fingerprint density at radius 2 is 2.04 bits per heavy atom. The molecule has 0 aliphatic carbocycles. The summed E-state index contributed by atoms with van der Waals surface area (Å²) in [7, 11) is 0. The van der Waals surface area contributed by atoms with Crippen LogP contribution in [0.25, 0.3) is 10.2 Å². The van der Waals surface area contributed by atoms with Crippen molar-refractivity contribution in [2.45, 2.75) is 62.5 Å². The Labute approximate surface area is 152 Å². The Morgan fingerprint density at radius 3 is 2.67 bits per heavy atom. The third-order valence-electron chi connectivity index (χ3n) is 4.55. The van der Waals surface area contributed by atoms with Crippen LogP contribution in [0.15, 0.2) is 28.6 Å². The number of unbranched alkanes of at least 4 members (excludes halogenated alkanes) is 2. The van der Waals surface area contributed by atoms with Crippen molar-refractivity contribution < 1.29 is 9.90 Å². The Hall–Kier alpha value is -1.07. The van der Waals surface area contributed by atoms with E-state index in [9.17, 15) is 9.90 Å². The summed E-state index contributed by atoms with van der Waals surface area (Å²) < 4.78 is 2.09. The number of rotatable bonds is 10. The number of aliphatic carboxylic acids is 1. The van der Waals surface area contributed by atoms with Crippen LogP contribution in [0.1, 0.15) is 52.9 Å². The maximum atomic E-state index is 11.8. The van der Waals surface area contributed by atoms with Crippen LogP contribution >= 0.6 is 23.1 Å². The fraction of sp³-hybridized carbons (Fsp3) is 0.579. The summed E-state index contributed by atoms with van der Waals surface area (Å²) in [5, 5.41) is 11.8. The molecule has 132 valence electrons. The van der Waals surface area contributed by atoms with Crippen LogP contribution in [0, 0.1) is 11.8 Å². The minimum atomic E-state index is -0.917. The van der Waals surface area contributed by atoms with Gasteiger partial charge in [0.1, 0.15) is 0 Å². The summed E-state index contributed by atoms with van der Waals surface area (Å²) in [5.74, 6) is -1.17. The first kappa shape index (κ1) is 19.3. The summed E-state index contributed by atoms with van der Waals surface area (Å²) >= 11 is 3.21. The Balaban J connectivity index is 2.09. The molecule has 1 aromatic heterocycles. The minimum Gasteiger partial charge on any atom is -0.550 e. The number of hydrogen-bond donors (Lipinski definition) is 0. The van der Waals surface area contributed by atoms with Gasteiger partial charge in [0.2, 0.25) is 0 Å². The number of thioether (sulfide) groups is 1. The third kappa shape index (κ3) is 4.96. The van der Waals surface area contributed by atoms with Crippen molar-refractivity contribution in [2.75, 3.05) is 0 Å². The molecule has 0 radical (unpaired) electrons. The lowest BCUT2D eigenvalue weighted by atomic mass is 9.84. The Bertz CT molecular complexity index is 623. The van der Waals surface area contributed by atoms with Gasteiger partial charge in [-0.1, -0.05) is 70.3 Å². The SMILES string of the molecule is CCCCCC(CC)C(C(=O)[O-])C(C)Sc1nc2ccccc2s1. The second kappa shape index (κ2) is 9.42. The molecule has 0 spiro atoms. The Morgan fingerprint density at radius 1 is 1.29 bits per heavy atom. The molecule has 5 heteroatoms. The van der Waals surface area contributed by atoms with Gasteiger partial charge in [-0.25, -0.2) is 4.98 Å². The summed E-state index contributed by atoms with van der Waals surface area (Å²) in [6.45, 7) is 6.25. The van der Waals surface area contributed by atoms with Crippen LogP contribution in [-0.4, -0.2) is 16.2 Å². The number of carbonyl (C=O) groups is 1. The van der Waals surface area contributed by atoms with Gasteiger partial charge in [-0.2, -0.15) is 0 Å². The first-order valence-corrected chi connectivity index (χ1v) is 10.5. The molecule has 0 amide bonds. The topological polar surface area (TPSA) is 53.0 Å². The van der Waals surface area contributed by atoms with Gasteiger partial charge >= 0.3 is 0 Å². The summed E-state index contributed by atoms with van der Waals surface area (Å²) in [4.78, 5) is 16.4. The minimum absolute atomic E-state index is 0.0397. The molecule has 2 rings (SSSR count). The highest BCUT2D eigenvalue weighted by atomic mass is 32.2. The zero-order valence-electron chi connectivity index (χ0n) is 14.7. The van der Waals surface area contributed by atoms with Crippen LogP contribution in [-0.2, 0) is 4.79 Å². The average Bonchev–Trinajstić information content (AvgIpc) is 2.95. The standard InChI is InChI=1S/C19H27NO2S2/c1-4-6-7-10-14(5-2)17(18(21)22)13(3)23-19-20-15-11-8-9-12-16(15)24-19/h8-9,11-14,17H,4-7,10H2,1-3H3,(H,21,22)/p-1. The summed E-state index contributed by atoms with van der Waals surface area (Å²) in [6, 6.07) is 8.03. The third-order valence-corrected chi connectivity index (χ3v) is 6.88. The zero-order valence-corrected chi connectivity index (χ0v) is 16.3. The van der Waals surface area contributed by atoms with E-state index in [2.05, 4.69) is 24.9 Å². The van der Waals surface area contributed by atoms with E-state index in [1.165, 1.54) is 0 Å². The lowest BCUT2D eigenvalue weighted by molar-refractivity contribution is -0.313. The average molecular weight is 365 g/mol. The number of fused-ring (bicyclic) bond motifs is 1. The van der Waals surface area contributed by atoms with E-state index in [0.29, 0.717) is 0 Å². The van der Waals surface area contributed by atoms with Gasteiger partial charge in [0.15, 0.2) is 4.34 Å². The van der Waals surface area contributed by atoms with Gasteiger partial charge in [-0.15, -0.1) is 11.3 Å². The molecule has 3 atom stereocenters. The van der Waals surface area contributed by atoms with Gasteiger partial charge in [-0.3, -0.25) is 0 Å². The molecular weight excluding hydrogens is 338 g/mol. The van der Waals surface area contributed by atoms with E-state index < -0.39 is 11.9 Å². The van der Waals surface area contributed by atoms with Crippen LogP contribution in [0.3, 0.4) is 0 Å². The van der Waals surface area contributed by atoms with Gasteiger partial charge in [0, 0.05) is 17.1 Å². The van der Waals surface area contributed by atoms with Gasteiger partial charge in [0.05, 0.1) is 10.2 Å². The first-order valence-electron chi connectivity index (χ1n) is 8.79. The number of nitrogens with zero attached hydrogens (tertiary/aromatic N) is 1. The molecule has 3 unspecified atom stereocenters. The highest BCUT2D eigenvalue weighted by molar-refractivity contribution is 8.01. The molecule has 1 aromatic carbocycles. The van der Waals surface area contributed by atoms with Crippen molar-refractivity contribution in [2.24, 2.45) is 11.8 Å². The molecule has 3 nitrogen and oxygen atoms in total. The number of hydrogen-bond acceptors (Lipinski definition) is 5. The highest BCUT2D eigenvalue weighted by Gasteiger charge is 2.28. The maximum absolute atomic E-state index is 11.8. The predicted octanol–water partition coefficient (Wildman–Crippen LogP) is 4.75. The fourth-order valence-corrected chi connectivity index (χ4v) is 5.76. The number of benzene rings is 1. The summed E-state index contributed by atoms with van der Waals surface area (Å²) in [5.41, 5.74) is 0.984. The molecule has 2 aromatic rings. The van der Waals surface area contributed by atoms with Crippen LogP contribution in [0.4, 0.5) is 0 Å². The van der Waals surface area contributed by atoms with E-state index in [0.717, 1.165) is 46.7 Å². The van der Waals surface area contributed by atoms with E-state index in [1.54, 1.807) is 23.1 Å². The summed E-state index contributed by atoms with van der Waals surface area (Å²) in [6.07, 6.45) is 5.26. The highest BCUT2D eigenvalue weighted by Crippen LogP contribution is 2.38. The van der Waals surface area contributed by atoms with Crippen molar-refractivity contribution in [3.63, 3.8) is 0 Å². The zero-order chi connectivity index (χ0) is 17.5. The van der Waals surface area contributed by atoms with Crippen LogP contribution < -0.4 is 5.11 Å². The molecule has 0 N–H and O–H groups in total. The van der Waals surface area contributed by atoms with Crippen LogP contribution in [0.2, 0.25) is 0 Å². The van der Waals surface area contributed by atoms with Gasteiger partial charge in [-0.05, 0) is 24.5 Å². The normalized spacial score (nSPS) is 15.3. The molecule has 0 bridgehead atoms. The monoisotopic (exact) mass is 364 g/mol. The lowest BCUT2D eigenvalue weighted by Gasteiger charge is -2.31. The van der Waals surface area contributed by atoms with Gasteiger partial charge < -0.3 is 9.90 Å². The number of carboxylic acids is 1. The molecule has 0 saturated heterocycles. The molecule has 24 heavy (non-hydrogen) atoms. The van der Waals surface area contributed by atoms with Gasteiger partial charge in [0.25, 0.3) is 0 Å². The van der Waals surface area contributed by atoms with Crippen LogP contribution in [0.5, 0.6) is 0 Å². The van der Waals surface area contributed by atoms with Crippen molar-refractivity contribution in [1.82, 2.24) is 4.98 Å². The van der Waals surface area contributed by atoms with Crippen molar-refractivity contribution in [3.8, 4) is 0 Å². The Kier molecular flexibility index (Phi) is 7.56. The smallest absolute Gasteiger partial charge is 0.151 e. The molecular formula is C19H26NO2S2-. The van der Waals surface area contributed by atoms with E-state index >= 15 is 0 Å². The second-order valence-corrected chi connectivity index (χ2v) is 8.93. The second-order valence-electron chi connectivity index (χ2n) is 6.28. The first-order chi connectivity index (χ1) is 11.6. The maximum Gasteiger partial charge on any atom is 0.151 e. The van der Waals surface area contributed by atoms with Crippen molar-refractivity contribution in [3.05, 3.63) is 24.3 Å². The van der Waals surface area contributed by atoms with E-state index in [-0.39, 0.29) is 11.2 Å². The predicted molar refractivity (Wildman–Crippen MR) is 101 cm³/mol. The van der Waals surface area contributed by atoms with E-state index in [1.807, 2.05) is 25.1 Å². The van der Waals surface area contributed by atoms with Crippen molar-refractivity contribution in [1.29, 1.82) is 0 Å². The number of carbonyl (C=O) groups excluding carboxylic acids is 1. The lowest BCUT2D eigenvalue weighted by Crippen LogP contribution is -2.41. The van der Waals surface area contributed by atoms with E-state index in [4.69, 9.17) is 0 Å². The molecule has 0 aliphatic rings. The molecule has 0 fully saturated rings. The number of carboxylic acid groups (broad SMARTS) is 1. The number of para-hydroxylation sites is 1. The molecule has 1 heterocycles.